The van der Waals surface area contributed by atoms with E-state index in [2.05, 4.69) is 6.92 Å². The second-order valence-corrected chi connectivity index (χ2v) is 9.30. The summed E-state index contributed by atoms with van der Waals surface area (Å²) in [6, 6.07) is 14.2. The van der Waals surface area contributed by atoms with Crippen LogP contribution in [0.15, 0.2) is 53.4 Å². The van der Waals surface area contributed by atoms with Crippen LogP contribution >= 0.6 is 11.8 Å². The van der Waals surface area contributed by atoms with Crippen LogP contribution in [0.2, 0.25) is 0 Å². The molecule has 0 aliphatic carbocycles. The van der Waals surface area contributed by atoms with Crippen molar-refractivity contribution >= 4 is 41.0 Å². The first-order valence-corrected chi connectivity index (χ1v) is 11.0. The maximum Gasteiger partial charge on any atom is 0.332 e. The molecule has 4 rings (SSSR count). The van der Waals surface area contributed by atoms with Gasteiger partial charge in [-0.1, -0.05) is 36.8 Å². The zero-order valence-electron chi connectivity index (χ0n) is 17.4. The molecule has 30 heavy (non-hydrogen) atoms. The number of nitrogens with zero attached hydrogens (tertiary/aromatic N) is 3. The minimum Gasteiger partial charge on any atom is -0.310 e. The van der Waals surface area contributed by atoms with Gasteiger partial charge in [0, 0.05) is 22.4 Å². The summed E-state index contributed by atoms with van der Waals surface area (Å²) in [6.45, 7) is 6.12. The number of carbonyl (C=O) groups excluding carboxylic acids is 3. The van der Waals surface area contributed by atoms with E-state index in [1.54, 1.807) is 23.6 Å². The highest BCUT2D eigenvalue weighted by atomic mass is 32.2. The van der Waals surface area contributed by atoms with E-state index in [-0.39, 0.29) is 18.4 Å². The Morgan fingerprint density at radius 2 is 1.77 bits per heavy atom. The van der Waals surface area contributed by atoms with Gasteiger partial charge in [0.15, 0.2) is 0 Å². The molecule has 0 bridgehead atoms. The molecule has 2 heterocycles. The van der Waals surface area contributed by atoms with Gasteiger partial charge >= 0.3 is 6.03 Å². The summed E-state index contributed by atoms with van der Waals surface area (Å²) in [7, 11) is 0. The molecule has 6 nitrogen and oxygen atoms in total. The molecule has 0 saturated carbocycles. The molecule has 7 heteroatoms. The molecule has 2 aromatic rings. The van der Waals surface area contributed by atoms with Gasteiger partial charge in [0.05, 0.1) is 5.69 Å². The van der Waals surface area contributed by atoms with Crippen LogP contribution in [-0.4, -0.2) is 47.1 Å². The van der Waals surface area contributed by atoms with Gasteiger partial charge in [0.25, 0.3) is 5.91 Å². The van der Waals surface area contributed by atoms with Gasteiger partial charge in [-0.15, -0.1) is 11.8 Å². The number of hydrogen-bond acceptors (Lipinski definition) is 4. The number of hydrogen-bond donors (Lipinski definition) is 0. The number of amides is 4. The molecule has 0 unspecified atom stereocenters. The Morgan fingerprint density at radius 3 is 2.50 bits per heavy atom. The summed E-state index contributed by atoms with van der Waals surface area (Å²) < 4.78 is 0. The number of benzene rings is 2. The van der Waals surface area contributed by atoms with Crippen molar-refractivity contribution in [3.8, 4) is 0 Å². The van der Waals surface area contributed by atoms with Crippen molar-refractivity contribution in [1.29, 1.82) is 0 Å². The SMILES string of the molecule is Cc1ccc(N2C(=O)N(CC(=O)N3CC[C@@H](C)Sc4ccccc43)C(=O)[C@@H]2C)cc1. The highest BCUT2D eigenvalue weighted by molar-refractivity contribution is 8.00. The van der Waals surface area contributed by atoms with E-state index in [1.807, 2.05) is 55.5 Å². The van der Waals surface area contributed by atoms with E-state index in [0.29, 0.717) is 17.5 Å². The molecule has 2 aliphatic heterocycles. The molecule has 2 aromatic carbocycles. The van der Waals surface area contributed by atoms with Crippen molar-refractivity contribution < 1.29 is 14.4 Å². The Morgan fingerprint density at radius 1 is 1.07 bits per heavy atom. The van der Waals surface area contributed by atoms with Crippen LogP contribution < -0.4 is 9.80 Å². The number of thioether (sulfide) groups is 1. The standard InChI is InChI=1S/C23H25N3O3S/c1-15-8-10-18(11-9-15)26-17(3)22(28)25(23(26)29)14-21(27)24-13-12-16(2)30-20-7-5-4-6-19(20)24/h4-11,16-17H,12-14H2,1-3H3/t16-,17+/m1/s1. The molecular weight excluding hydrogens is 398 g/mol. The van der Waals surface area contributed by atoms with E-state index in [4.69, 9.17) is 0 Å². The van der Waals surface area contributed by atoms with Gasteiger partial charge in [0.2, 0.25) is 5.91 Å². The lowest BCUT2D eigenvalue weighted by Gasteiger charge is -2.25. The summed E-state index contributed by atoms with van der Waals surface area (Å²) >= 11 is 1.75. The Hall–Kier alpha value is -2.80. The Balaban J connectivity index is 1.57. The molecule has 1 saturated heterocycles. The predicted molar refractivity (Wildman–Crippen MR) is 119 cm³/mol. The van der Waals surface area contributed by atoms with Crippen LogP contribution in [0.1, 0.15) is 25.8 Å². The van der Waals surface area contributed by atoms with Crippen LogP contribution in [-0.2, 0) is 9.59 Å². The second-order valence-electron chi connectivity index (χ2n) is 7.82. The molecule has 0 spiro atoms. The molecule has 0 N–H and O–H groups in total. The van der Waals surface area contributed by atoms with Gasteiger partial charge in [-0.2, -0.15) is 0 Å². The number of para-hydroxylation sites is 1. The van der Waals surface area contributed by atoms with Gasteiger partial charge in [0.1, 0.15) is 12.6 Å². The van der Waals surface area contributed by atoms with Crippen molar-refractivity contribution in [2.45, 2.75) is 43.4 Å². The number of carbonyl (C=O) groups is 3. The first-order valence-electron chi connectivity index (χ1n) is 10.1. The number of imide groups is 1. The fraction of sp³-hybridized carbons (Fsp3) is 0.348. The lowest BCUT2D eigenvalue weighted by atomic mass is 10.2. The zero-order chi connectivity index (χ0) is 21.4. The largest absolute Gasteiger partial charge is 0.332 e. The zero-order valence-corrected chi connectivity index (χ0v) is 18.2. The Kier molecular flexibility index (Phi) is 5.56. The summed E-state index contributed by atoms with van der Waals surface area (Å²) in [5, 5.41) is 0.385. The molecule has 0 aromatic heterocycles. The van der Waals surface area contributed by atoms with Crippen LogP contribution in [0.5, 0.6) is 0 Å². The highest BCUT2D eigenvalue weighted by Crippen LogP contribution is 2.37. The van der Waals surface area contributed by atoms with Crippen molar-refractivity contribution in [3.05, 3.63) is 54.1 Å². The van der Waals surface area contributed by atoms with Crippen LogP contribution in [0.25, 0.3) is 0 Å². The first kappa shape index (κ1) is 20.5. The van der Waals surface area contributed by atoms with Crippen LogP contribution in [0, 0.1) is 6.92 Å². The molecule has 0 radical (unpaired) electrons. The Labute approximate surface area is 180 Å². The molecule has 156 valence electrons. The quantitative estimate of drug-likeness (QED) is 0.699. The van der Waals surface area contributed by atoms with E-state index >= 15 is 0 Å². The molecule has 2 aliphatic rings. The van der Waals surface area contributed by atoms with E-state index in [0.717, 1.165) is 27.5 Å². The number of aryl methyl sites for hydroxylation is 1. The summed E-state index contributed by atoms with van der Waals surface area (Å²) in [4.78, 5) is 44.4. The maximum atomic E-state index is 13.2. The molecule has 2 atom stereocenters. The summed E-state index contributed by atoms with van der Waals surface area (Å²) in [5.74, 6) is -0.586. The first-order chi connectivity index (χ1) is 14.4. The molecule has 4 amide bonds. The van der Waals surface area contributed by atoms with E-state index in [9.17, 15) is 14.4 Å². The second kappa shape index (κ2) is 8.14. The third kappa shape index (κ3) is 3.69. The number of urea groups is 1. The minimum absolute atomic E-state index is 0.239. The predicted octanol–water partition coefficient (Wildman–Crippen LogP) is 4.07. The minimum atomic E-state index is -0.639. The normalized spacial score (nSPS) is 21.6. The lowest BCUT2D eigenvalue weighted by molar-refractivity contribution is -0.131. The lowest BCUT2D eigenvalue weighted by Crippen LogP contribution is -2.44. The van der Waals surface area contributed by atoms with Gasteiger partial charge in [-0.25, -0.2) is 4.79 Å². The van der Waals surface area contributed by atoms with Crippen LogP contribution in [0.3, 0.4) is 0 Å². The number of fused-ring (bicyclic) bond motifs is 1. The topological polar surface area (TPSA) is 60.9 Å². The average Bonchev–Trinajstić information content (AvgIpc) is 2.85. The van der Waals surface area contributed by atoms with Gasteiger partial charge in [-0.05, 0) is 44.5 Å². The fourth-order valence-corrected chi connectivity index (χ4v) is 4.99. The van der Waals surface area contributed by atoms with Crippen molar-refractivity contribution in [2.75, 3.05) is 22.9 Å². The summed E-state index contributed by atoms with van der Waals surface area (Å²) in [5.41, 5.74) is 2.58. The third-order valence-electron chi connectivity index (χ3n) is 5.60. The number of rotatable bonds is 3. The van der Waals surface area contributed by atoms with E-state index < -0.39 is 12.1 Å². The summed E-state index contributed by atoms with van der Waals surface area (Å²) in [6.07, 6.45) is 0.846. The average molecular weight is 424 g/mol. The van der Waals surface area contributed by atoms with Crippen molar-refractivity contribution in [3.63, 3.8) is 0 Å². The van der Waals surface area contributed by atoms with Gasteiger partial charge in [-0.3, -0.25) is 19.4 Å². The van der Waals surface area contributed by atoms with E-state index in [1.165, 1.54) is 4.90 Å². The van der Waals surface area contributed by atoms with Crippen molar-refractivity contribution in [1.82, 2.24) is 4.90 Å². The third-order valence-corrected chi connectivity index (χ3v) is 6.83. The van der Waals surface area contributed by atoms with Crippen molar-refractivity contribution in [2.24, 2.45) is 0 Å². The molecular formula is C23H25N3O3S. The Bertz CT molecular complexity index is 991. The van der Waals surface area contributed by atoms with Gasteiger partial charge < -0.3 is 4.90 Å². The maximum absolute atomic E-state index is 13.2. The number of anilines is 2. The fourth-order valence-electron chi connectivity index (χ4n) is 3.88. The molecule has 1 fully saturated rings. The van der Waals surface area contributed by atoms with Crippen LogP contribution in [0.4, 0.5) is 16.2 Å². The smallest absolute Gasteiger partial charge is 0.310 e. The highest BCUT2D eigenvalue weighted by Gasteiger charge is 2.44. The monoisotopic (exact) mass is 423 g/mol.